The van der Waals surface area contributed by atoms with Gasteiger partial charge >= 0.3 is 0 Å². The average molecular weight is 340 g/mol. The molecular formula is C16H29N5OS. The van der Waals surface area contributed by atoms with Gasteiger partial charge in [-0.2, -0.15) is 0 Å². The number of carbonyl (C=O) groups is 1. The summed E-state index contributed by atoms with van der Waals surface area (Å²) in [5, 5.41) is 15.8. The minimum absolute atomic E-state index is 0.0661. The molecule has 1 unspecified atom stereocenters. The van der Waals surface area contributed by atoms with Crippen LogP contribution in [-0.4, -0.2) is 44.6 Å². The van der Waals surface area contributed by atoms with Gasteiger partial charge in [-0.25, -0.2) is 0 Å². The Balaban J connectivity index is 2.06. The fourth-order valence-electron chi connectivity index (χ4n) is 2.76. The number of amides is 1. The van der Waals surface area contributed by atoms with Crippen LogP contribution in [0.5, 0.6) is 0 Å². The quantitative estimate of drug-likeness (QED) is 0.804. The van der Waals surface area contributed by atoms with Crippen molar-refractivity contribution in [1.29, 1.82) is 0 Å². The smallest absolute Gasteiger partial charge is 0.233 e. The second kappa shape index (κ2) is 7.66. The van der Waals surface area contributed by atoms with Crippen LogP contribution < -0.4 is 10.6 Å². The monoisotopic (exact) mass is 339 g/mol. The lowest BCUT2D eigenvalue weighted by molar-refractivity contribution is -0.122. The molecule has 1 amide bonds. The van der Waals surface area contributed by atoms with Crippen molar-refractivity contribution < 1.29 is 4.79 Å². The van der Waals surface area contributed by atoms with Crippen LogP contribution in [0.3, 0.4) is 0 Å². The topological polar surface area (TPSA) is 71.8 Å². The third kappa shape index (κ3) is 4.94. The normalized spacial score (nSPS) is 18.0. The number of piperidine rings is 1. The maximum absolute atomic E-state index is 12.4. The van der Waals surface area contributed by atoms with Gasteiger partial charge in [-0.05, 0) is 53.1 Å². The van der Waals surface area contributed by atoms with Gasteiger partial charge in [0.25, 0.3) is 0 Å². The Morgan fingerprint density at radius 2 is 2.04 bits per heavy atom. The summed E-state index contributed by atoms with van der Waals surface area (Å²) in [7, 11) is 2.01. The van der Waals surface area contributed by atoms with Gasteiger partial charge in [0.15, 0.2) is 5.16 Å². The van der Waals surface area contributed by atoms with Crippen molar-refractivity contribution >= 4 is 17.7 Å². The Bertz CT molecular complexity index is 531. The summed E-state index contributed by atoms with van der Waals surface area (Å²) < 4.78 is 2.06. The van der Waals surface area contributed by atoms with Gasteiger partial charge in [-0.1, -0.05) is 18.7 Å². The molecule has 0 spiro atoms. The third-order valence-electron chi connectivity index (χ3n) is 3.98. The highest BCUT2D eigenvalue weighted by molar-refractivity contribution is 8.00. The minimum atomic E-state index is -0.217. The first-order chi connectivity index (χ1) is 10.8. The lowest BCUT2D eigenvalue weighted by Crippen LogP contribution is -2.44. The first-order valence-electron chi connectivity index (χ1n) is 8.40. The Kier molecular flexibility index (Phi) is 6.08. The van der Waals surface area contributed by atoms with Gasteiger partial charge < -0.3 is 15.2 Å². The van der Waals surface area contributed by atoms with E-state index < -0.39 is 0 Å². The predicted octanol–water partition coefficient (Wildman–Crippen LogP) is 2.07. The van der Waals surface area contributed by atoms with E-state index >= 15 is 0 Å². The molecule has 1 aromatic rings. The molecule has 1 aromatic heterocycles. The highest BCUT2D eigenvalue weighted by Gasteiger charge is 2.26. The summed E-state index contributed by atoms with van der Waals surface area (Å²) >= 11 is 1.51. The number of rotatable bonds is 5. The minimum Gasteiger partial charge on any atom is -0.351 e. The molecule has 1 aliphatic rings. The fourth-order valence-corrected chi connectivity index (χ4v) is 3.69. The number of hydrogen-bond donors (Lipinski definition) is 2. The molecule has 0 aromatic carbocycles. The van der Waals surface area contributed by atoms with Gasteiger partial charge in [0.2, 0.25) is 5.91 Å². The molecule has 1 saturated heterocycles. The van der Waals surface area contributed by atoms with E-state index in [1.165, 1.54) is 11.8 Å². The van der Waals surface area contributed by atoms with Crippen LogP contribution in [0.4, 0.5) is 0 Å². The lowest BCUT2D eigenvalue weighted by atomic mass is 9.97. The Labute approximate surface area is 143 Å². The summed E-state index contributed by atoms with van der Waals surface area (Å²) in [5.74, 6) is 1.57. The van der Waals surface area contributed by atoms with E-state index in [4.69, 9.17) is 0 Å². The summed E-state index contributed by atoms with van der Waals surface area (Å²) in [6, 6.07) is 0. The number of thioether (sulfide) groups is 1. The van der Waals surface area contributed by atoms with E-state index in [1.54, 1.807) is 0 Å². The molecule has 2 heterocycles. The molecule has 1 fully saturated rings. The SMILES string of the molecule is CCC(Sc1nnc(C2CCNCC2)n1C)C(=O)NC(C)(C)C. The molecule has 2 rings (SSSR count). The largest absolute Gasteiger partial charge is 0.351 e. The van der Waals surface area contributed by atoms with Crippen LogP contribution in [0, 0.1) is 0 Å². The number of aromatic nitrogens is 3. The summed E-state index contributed by atoms with van der Waals surface area (Å²) in [5.41, 5.74) is -0.217. The van der Waals surface area contributed by atoms with Crippen LogP contribution in [-0.2, 0) is 11.8 Å². The van der Waals surface area contributed by atoms with Crippen LogP contribution >= 0.6 is 11.8 Å². The maximum atomic E-state index is 12.4. The van der Waals surface area contributed by atoms with Crippen LogP contribution in [0.25, 0.3) is 0 Å². The van der Waals surface area contributed by atoms with Gasteiger partial charge in [0, 0.05) is 18.5 Å². The highest BCUT2D eigenvalue weighted by atomic mass is 32.2. The molecule has 6 nitrogen and oxygen atoms in total. The molecule has 0 aliphatic carbocycles. The van der Waals surface area contributed by atoms with Crippen LogP contribution in [0.15, 0.2) is 5.16 Å². The number of carbonyl (C=O) groups excluding carboxylic acids is 1. The number of nitrogens with one attached hydrogen (secondary N) is 2. The zero-order valence-electron chi connectivity index (χ0n) is 14.8. The van der Waals surface area contributed by atoms with Crippen LogP contribution in [0.1, 0.15) is 58.7 Å². The zero-order chi connectivity index (χ0) is 17.0. The standard InChI is InChI=1S/C16H29N5OS/c1-6-12(14(22)18-16(2,3)4)23-15-20-19-13(21(15)5)11-7-9-17-10-8-11/h11-12,17H,6-10H2,1-5H3,(H,18,22). The second-order valence-corrected chi connectivity index (χ2v) is 8.35. The molecule has 23 heavy (non-hydrogen) atoms. The van der Waals surface area contributed by atoms with Gasteiger partial charge in [-0.3, -0.25) is 4.79 Å². The lowest BCUT2D eigenvalue weighted by Gasteiger charge is -2.24. The molecule has 0 saturated carbocycles. The van der Waals surface area contributed by atoms with Crippen molar-refractivity contribution in [3.63, 3.8) is 0 Å². The molecule has 2 N–H and O–H groups in total. The van der Waals surface area contributed by atoms with Gasteiger partial charge in [0.1, 0.15) is 5.82 Å². The van der Waals surface area contributed by atoms with E-state index in [0.717, 1.165) is 43.3 Å². The van der Waals surface area contributed by atoms with Crippen LogP contribution in [0.2, 0.25) is 0 Å². The number of nitrogens with zero attached hydrogens (tertiary/aromatic N) is 3. The summed E-state index contributed by atoms with van der Waals surface area (Å²) in [6.07, 6.45) is 2.96. The molecule has 1 aliphatic heterocycles. The molecule has 0 bridgehead atoms. The first kappa shape index (κ1) is 18.3. The van der Waals surface area contributed by atoms with Crippen molar-refractivity contribution in [2.75, 3.05) is 13.1 Å². The molecule has 1 atom stereocenters. The van der Waals surface area contributed by atoms with Crippen molar-refractivity contribution in [2.45, 2.75) is 68.8 Å². The van der Waals surface area contributed by atoms with E-state index in [1.807, 2.05) is 34.7 Å². The fraction of sp³-hybridized carbons (Fsp3) is 0.812. The maximum Gasteiger partial charge on any atom is 0.233 e. The Morgan fingerprint density at radius 1 is 1.39 bits per heavy atom. The summed E-state index contributed by atoms with van der Waals surface area (Å²) in [4.78, 5) is 12.4. The predicted molar refractivity (Wildman–Crippen MR) is 93.7 cm³/mol. The second-order valence-electron chi connectivity index (χ2n) is 7.18. The van der Waals surface area contributed by atoms with Crippen molar-refractivity contribution in [3.05, 3.63) is 5.82 Å². The van der Waals surface area contributed by atoms with E-state index in [0.29, 0.717) is 5.92 Å². The van der Waals surface area contributed by atoms with Gasteiger partial charge in [0.05, 0.1) is 5.25 Å². The molecule has 130 valence electrons. The Hall–Kier alpha value is -1.08. The Morgan fingerprint density at radius 3 is 2.61 bits per heavy atom. The van der Waals surface area contributed by atoms with E-state index in [-0.39, 0.29) is 16.7 Å². The third-order valence-corrected chi connectivity index (χ3v) is 5.38. The molecular weight excluding hydrogens is 310 g/mol. The van der Waals surface area contributed by atoms with Crippen molar-refractivity contribution in [2.24, 2.45) is 7.05 Å². The molecule has 7 heteroatoms. The van der Waals surface area contributed by atoms with E-state index in [2.05, 4.69) is 25.4 Å². The number of hydrogen-bond acceptors (Lipinski definition) is 5. The summed E-state index contributed by atoms with van der Waals surface area (Å²) in [6.45, 7) is 10.1. The van der Waals surface area contributed by atoms with E-state index in [9.17, 15) is 4.79 Å². The van der Waals surface area contributed by atoms with Gasteiger partial charge in [-0.15, -0.1) is 10.2 Å². The average Bonchev–Trinajstić information content (AvgIpc) is 2.84. The zero-order valence-corrected chi connectivity index (χ0v) is 15.7. The highest BCUT2D eigenvalue weighted by Crippen LogP contribution is 2.29. The van der Waals surface area contributed by atoms with Crippen molar-refractivity contribution in [3.8, 4) is 0 Å². The first-order valence-corrected chi connectivity index (χ1v) is 9.28. The molecule has 0 radical (unpaired) electrons. The van der Waals surface area contributed by atoms with Crippen molar-refractivity contribution in [1.82, 2.24) is 25.4 Å².